The fourth-order valence-corrected chi connectivity index (χ4v) is 6.16. The summed E-state index contributed by atoms with van der Waals surface area (Å²) in [5, 5.41) is 9.29. The van der Waals surface area contributed by atoms with Gasteiger partial charge in [0, 0.05) is 25.4 Å². The molecule has 0 aromatic rings. The minimum atomic E-state index is -2.87. The third kappa shape index (κ3) is 5.44. The van der Waals surface area contributed by atoms with Gasteiger partial charge in [0.25, 0.3) is 0 Å². The minimum Gasteiger partial charge on any atom is -0.480 e. The van der Waals surface area contributed by atoms with Gasteiger partial charge in [-0.2, -0.15) is 0 Å². The van der Waals surface area contributed by atoms with Gasteiger partial charge in [0.2, 0.25) is 0 Å². The molecule has 0 heterocycles. The number of hydrogen-bond donors (Lipinski definition) is 1. The van der Waals surface area contributed by atoms with Crippen LogP contribution in [0.5, 0.6) is 0 Å². The first kappa shape index (κ1) is 20.0. The predicted octanol–water partition coefficient (Wildman–Crippen LogP) is 3.44. The summed E-state index contributed by atoms with van der Waals surface area (Å²) < 4.78 is 16.6. The molecule has 2 atom stereocenters. The fourth-order valence-electron chi connectivity index (χ4n) is 2.15. The van der Waals surface area contributed by atoms with Crippen LogP contribution in [-0.2, 0) is 18.1 Å². The van der Waals surface area contributed by atoms with Crippen LogP contribution >= 0.6 is 15.9 Å². The van der Waals surface area contributed by atoms with E-state index >= 15 is 0 Å². The van der Waals surface area contributed by atoms with Gasteiger partial charge in [-0.1, -0.05) is 22.9 Å². The van der Waals surface area contributed by atoms with Crippen LogP contribution in [0.25, 0.3) is 0 Å². The van der Waals surface area contributed by atoms with Crippen LogP contribution in [0.2, 0.25) is 5.54 Å². The topological polar surface area (TPSA) is 65.0 Å². The van der Waals surface area contributed by atoms with Gasteiger partial charge in [-0.05, 0) is 40.5 Å². The molecular weight excluding hydrogens is 344 g/mol. The highest BCUT2D eigenvalue weighted by Gasteiger charge is 2.51. The van der Waals surface area contributed by atoms with E-state index in [0.29, 0.717) is 26.2 Å². The van der Waals surface area contributed by atoms with Crippen molar-refractivity contribution in [2.45, 2.75) is 57.3 Å². The molecule has 0 saturated heterocycles. The summed E-state index contributed by atoms with van der Waals surface area (Å²) in [6.07, 6.45) is 1.16. The monoisotopic (exact) mass is 370 g/mol. The molecule has 0 rings (SSSR count). The van der Waals surface area contributed by atoms with Crippen LogP contribution in [0.3, 0.4) is 0 Å². The smallest absolute Gasteiger partial charge is 0.480 e. The summed E-state index contributed by atoms with van der Waals surface area (Å²) in [5.74, 6) is -0.886. The van der Waals surface area contributed by atoms with Gasteiger partial charge < -0.3 is 18.4 Å². The van der Waals surface area contributed by atoms with E-state index in [4.69, 9.17) is 13.3 Å². The Bertz CT molecular complexity index is 281. The summed E-state index contributed by atoms with van der Waals surface area (Å²) in [4.78, 5) is 11.3. The number of halogens is 1. The molecule has 20 heavy (non-hydrogen) atoms. The third-order valence-corrected chi connectivity index (χ3v) is 7.45. The van der Waals surface area contributed by atoms with Crippen LogP contribution in [0, 0.1) is 0 Å². The van der Waals surface area contributed by atoms with Gasteiger partial charge in [0.1, 0.15) is 4.32 Å². The molecule has 0 aliphatic carbocycles. The van der Waals surface area contributed by atoms with Gasteiger partial charge in [-0.3, -0.25) is 4.79 Å². The van der Waals surface area contributed by atoms with Crippen molar-refractivity contribution in [3.8, 4) is 0 Å². The summed E-state index contributed by atoms with van der Waals surface area (Å²) in [6.45, 7) is 10.8. The number of carboxylic acid groups (broad SMARTS) is 1. The zero-order valence-electron chi connectivity index (χ0n) is 13.1. The number of rotatable bonds is 11. The summed E-state index contributed by atoms with van der Waals surface area (Å²) >= 11 is 3.29. The lowest BCUT2D eigenvalue weighted by Crippen LogP contribution is -2.52. The van der Waals surface area contributed by atoms with E-state index < -0.39 is 19.1 Å². The molecule has 0 fully saturated rings. The van der Waals surface area contributed by atoms with Crippen LogP contribution in [-0.4, -0.2) is 44.0 Å². The average Bonchev–Trinajstić information content (AvgIpc) is 2.36. The van der Waals surface area contributed by atoms with E-state index in [2.05, 4.69) is 15.9 Å². The van der Waals surface area contributed by atoms with E-state index in [-0.39, 0.29) is 5.54 Å². The Kier molecular flexibility index (Phi) is 9.17. The van der Waals surface area contributed by atoms with Crippen LogP contribution in [0.15, 0.2) is 0 Å². The second-order valence-electron chi connectivity index (χ2n) is 4.71. The van der Waals surface area contributed by atoms with E-state index in [1.54, 1.807) is 6.92 Å². The second-order valence-corrected chi connectivity index (χ2v) is 9.35. The lowest BCUT2D eigenvalue weighted by atomic mass is 10.0. The molecule has 0 spiro atoms. The highest BCUT2D eigenvalue weighted by atomic mass is 79.9. The van der Waals surface area contributed by atoms with Gasteiger partial charge in [-0.25, -0.2) is 0 Å². The Hall–Kier alpha value is 0.0469. The molecule has 2 unspecified atom stereocenters. The molecule has 0 bridgehead atoms. The van der Waals surface area contributed by atoms with Crippen molar-refractivity contribution in [1.82, 2.24) is 0 Å². The molecule has 7 heteroatoms. The van der Waals surface area contributed by atoms with Gasteiger partial charge >= 0.3 is 14.8 Å². The van der Waals surface area contributed by atoms with E-state index in [9.17, 15) is 9.90 Å². The highest BCUT2D eigenvalue weighted by molar-refractivity contribution is 9.10. The lowest BCUT2D eigenvalue weighted by Gasteiger charge is -2.37. The number of alkyl halides is 1. The minimum absolute atomic E-state index is 0.0529. The molecule has 0 radical (unpaired) electrons. The SMILES string of the molecule is CCO[Si](OCC)(OCC)C(CC)CC(C)(Br)C(=O)O. The van der Waals surface area contributed by atoms with Crippen molar-refractivity contribution in [2.75, 3.05) is 19.8 Å². The maximum Gasteiger partial charge on any atom is 0.504 e. The number of carboxylic acids is 1. The average molecular weight is 371 g/mol. The Balaban J connectivity index is 5.29. The fraction of sp³-hybridized carbons (Fsp3) is 0.923. The van der Waals surface area contributed by atoms with Crippen molar-refractivity contribution in [2.24, 2.45) is 0 Å². The van der Waals surface area contributed by atoms with Gasteiger partial charge in [0.15, 0.2) is 0 Å². The largest absolute Gasteiger partial charge is 0.504 e. The van der Waals surface area contributed by atoms with Gasteiger partial charge in [-0.15, -0.1) is 0 Å². The standard InChI is InChI=1S/C13H27BrO5Si/c1-6-11(10-13(5,14)12(15)16)20(17-7-2,18-8-3)19-9-4/h11H,6-10H2,1-5H3,(H,15,16). The molecule has 0 aliphatic heterocycles. The Morgan fingerprint density at radius 1 is 1.15 bits per heavy atom. The number of aliphatic carboxylic acids is 1. The maximum absolute atomic E-state index is 11.3. The van der Waals surface area contributed by atoms with Crippen molar-refractivity contribution < 1.29 is 23.2 Å². The summed E-state index contributed by atoms with van der Waals surface area (Å²) in [5.41, 5.74) is -0.0529. The third-order valence-electron chi connectivity index (χ3n) is 3.11. The van der Waals surface area contributed by atoms with Gasteiger partial charge in [0.05, 0.1) is 0 Å². The van der Waals surface area contributed by atoms with Crippen LogP contribution < -0.4 is 0 Å². The Morgan fingerprint density at radius 3 is 1.80 bits per heavy atom. The normalized spacial score (nSPS) is 16.7. The van der Waals surface area contributed by atoms with E-state index in [1.165, 1.54) is 0 Å². The van der Waals surface area contributed by atoms with Crippen molar-refractivity contribution in [1.29, 1.82) is 0 Å². The molecule has 0 aliphatic rings. The molecule has 1 N–H and O–H groups in total. The first-order chi connectivity index (χ1) is 9.29. The van der Waals surface area contributed by atoms with Crippen LogP contribution in [0.1, 0.15) is 47.5 Å². The number of hydrogen-bond acceptors (Lipinski definition) is 4. The van der Waals surface area contributed by atoms with E-state index in [0.717, 1.165) is 6.42 Å². The van der Waals surface area contributed by atoms with Crippen molar-refractivity contribution >= 4 is 30.7 Å². The van der Waals surface area contributed by atoms with Crippen molar-refractivity contribution in [3.05, 3.63) is 0 Å². The molecule has 0 aromatic carbocycles. The zero-order chi connectivity index (χ0) is 15.8. The molecule has 0 saturated carbocycles. The Morgan fingerprint density at radius 2 is 1.55 bits per heavy atom. The maximum atomic E-state index is 11.3. The summed E-state index contributed by atoms with van der Waals surface area (Å²) in [6, 6.07) is 0. The summed E-state index contributed by atoms with van der Waals surface area (Å²) in [7, 11) is -2.87. The lowest BCUT2D eigenvalue weighted by molar-refractivity contribution is -0.139. The molecule has 0 amide bonds. The first-order valence-corrected chi connectivity index (χ1v) is 9.73. The quantitative estimate of drug-likeness (QED) is 0.445. The van der Waals surface area contributed by atoms with Crippen molar-refractivity contribution in [3.63, 3.8) is 0 Å². The van der Waals surface area contributed by atoms with Crippen LogP contribution in [0.4, 0.5) is 0 Å². The molecule has 5 nitrogen and oxygen atoms in total. The van der Waals surface area contributed by atoms with E-state index in [1.807, 2.05) is 27.7 Å². The molecular formula is C13H27BrO5Si. The molecule has 0 aromatic heterocycles. The second kappa shape index (κ2) is 9.14. The Labute approximate surface area is 131 Å². The predicted molar refractivity (Wildman–Crippen MR) is 84.3 cm³/mol. The highest BCUT2D eigenvalue weighted by Crippen LogP contribution is 2.39. The zero-order valence-corrected chi connectivity index (χ0v) is 15.7. The number of carbonyl (C=O) groups is 1. The molecule has 120 valence electrons. The first-order valence-electron chi connectivity index (χ1n) is 7.13.